The largest absolute Gasteiger partial charge is 0.435 e. The minimum absolute atomic E-state index is 0.0130. The van der Waals surface area contributed by atoms with Crippen LogP contribution in [-0.4, -0.2) is 36.8 Å². The Hall–Kier alpha value is -4.42. The smallest absolute Gasteiger partial charge is 0.387 e. The number of nitrogens with one attached hydrogen (secondary N) is 1. The van der Waals surface area contributed by atoms with Crippen LogP contribution in [0.15, 0.2) is 76.3 Å². The SMILES string of the molecule is Nc1nc2ccccc2n1CCNc1nc(=O)n(Cc2ccc(Cl)c(Cl)c2)c(=O)n1Cc1ccc(OC(F)F)cc1. The molecule has 0 spiro atoms. The maximum Gasteiger partial charge on any atom is 0.387 e. The molecule has 0 aliphatic carbocycles. The van der Waals surface area contributed by atoms with Crippen LogP contribution in [-0.2, 0) is 19.6 Å². The van der Waals surface area contributed by atoms with Crippen molar-refractivity contribution in [3.05, 3.63) is 109 Å². The zero-order valence-electron chi connectivity index (χ0n) is 21.3. The fourth-order valence-electron chi connectivity index (χ4n) is 4.33. The lowest BCUT2D eigenvalue weighted by atomic mass is 10.2. The summed E-state index contributed by atoms with van der Waals surface area (Å²) in [5.41, 5.74) is 7.42. The summed E-state index contributed by atoms with van der Waals surface area (Å²) >= 11 is 12.1. The van der Waals surface area contributed by atoms with E-state index in [9.17, 15) is 18.4 Å². The number of ether oxygens (including phenoxy) is 1. The molecule has 0 aliphatic rings. The summed E-state index contributed by atoms with van der Waals surface area (Å²) in [6.07, 6.45) is 0. The van der Waals surface area contributed by atoms with Gasteiger partial charge in [-0.05, 0) is 47.5 Å². The Labute approximate surface area is 241 Å². The van der Waals surface area contributed by atoms with Crippen LogP contribution in [0.25, 0.3) is 11.0 Å². The van der Waals surface area contributed by atoms with Gasteiger partial charge in [-0.3, -0.25) is 4.57 Å². The summed E-state index contributed by atoms with van der Waals surface area (Å²) in [4.78, 5) is 35.1. The van der Waals surface area contributed by atoms with E-state index < -0.39 is 18.0 Å². The van der Waals surface area contributed by atoms with Gasteiger partial charge in [-0.15, -0.1) is 0 Å². The molecule has 0 radical (unpaired) electrons. The molecule has 2 heterocycles. The summed E-state index contributed by atoms with van der Waals surface area (Å²) in [6.45, 7) is -2.44. The van der Waals surface area contributed by atoms with Crippen LogP contribution in [0, 0.1) is 0 Å². The standard InChI is InChI=1S/C27H23Cl2F2N7O3/c28-19-10-7-17(13-20(19)29)15-38-26(39)35-25(33-11-12-36-22-4-2-1-3-21(22)34-24(36)32)37(27(38)40)14-16-5-8-18(9-6-16)41-23(30)31/h1-10,13,23H,11-12,14-15H2,(H2,32,34)(H,33,35,39). The zero-order chi connectivity index (χ0) is 29.1. The summed E-state index contributed by atoms with van der Waals surface area (Å²) in [5, 5.41) is 3.68. The molecule has 41 heavy (non-hydrogen) atoms. The highest BCUT2D eigenvalue weighted by Crippen LogP contribution is 2.23. The van der Waals surface area contributed by atoms with Crippen LogP contribution in [0.1, 0.15) is 11.1 Å². The number of hydrogen-bond acceptors (Lipinski definition) is 7. The molecule has 0 aliphatic heterocycles. The number of benzene rings is 3. The topological polar surface area (TPSA) is 122 Å². The van der Waals surface area contributed by atoms with E-state index in [1.807, 2.05) is 24.3 Å². The van der Waals surface area contributed by atoms with Crippen molar-refractivity contribution < 1.29 is 13.5 Å². The van der Waals surface area contributed by atoms with E-state index in [1.54, 1.807) is 34.9 Å². The third kappa shape index (κ3) is 6.34. The lowest BCUT2D eigenvalue weighted by molar-refractivity contribution is -0.0498. The molecule has 0 unspecified atom stereocenters. The van der Waals surface area contributed by atoms with E-state index in [0.29, 0.717) is 28.6 Å². The molecule has 3 N–H and O–H groups in total. The fourth-order valence-corrected chi connectivity index (χ4v) is 4.65. The van der Waals surface area contributed by atoms with Gasteiger partial charge in [0, 0.05) is 13.1 Å². The van der Waals surface area contributed by atoms with Gasteiger partial charge in [0.15, 0.2) is 0 Å². The predicted molar refractivity (Wildman–Crippen MR) is 153 cm³/mol. The lowest BCUT2D eigenvalue weighted by Gasteiger charge is -2.16. The molecule has 3 aromatic carbocycles. The number of nitrogens with zero attached hydrogens (tertiary/aromatic N) is 5. The number of nitrogen functional groups attached to an aromatic ring is 1. The molecule has 14 heteroatoms. The number of aromatic nitrogens is 5. The van der Waals surface area contributed by atoms with Crippen molar-refractivity contribution in [1.82, 2.24) is 23.7 Å². The monoisotopic (exact) mass is 601 g/mol. The van der Waals surface area contributed by atoms with Crippen LogP contribution in [0.5, 0.6) is 5.75 Å². The first kappa shape index (κ1) is 28.1. The van der Waals surface area contributed by atoms with Gasteiger partial charge in [0.05, 0.1) is 34.2 Å². The molecular weight excluding hydrogens is 579 g/mol. The van der Waals surface area contributed by atoms with E-state index in [1.165, 1.54) is 16.7 Å². The molecule has 0 fully saturated rings. The van der Waals surface area contributed by atoms with Gasteiger partial charge < -0.3 is 20.4 Å². The molecule has 0 atom stereocenters. The Balaban J connectivity index is 1.46. The molecule has 0 saturated carbocycles. The Morgan fingerprint density at radius 1 is 0.878 bits per heavy atom. The van der Waals surface area contributed by atoms with Gasteiger partial charge in [0.1, 0.15) is 5.75 Å². The molecule has 5 rings (SSSR count). The number of hydrogen-bond donors (Lipinski definition) is 2. The molecule has 2 aromatic heterocycles. The quantitative estimate of drug-likeness (QED) is 0.242. The third-order valence-corrected chi connectivity index (χ3v) is 7.01. The number of para-hydroxylation sites is 2. The molecule has 212 valence electrons. The summed E-state index contributed by atoms with van der Waals surface area (Å²) in [6, 6.07) is 18.1. The molecule has 0 amide bonds. The highest BCUT2D eigenvalue weighted by Gasteiger charge is 2.16. The zero-order valence-corrected chi connectivity index (χ0v) is 22.8. The van der Waals surface area contributed by atoms with Crippen molar-refractivity contribution in [2.75, 3.05) is 17.6 Å². The van der Waals surface area contributed by atoms with Crippen LogP contribution >= 0.6 is 23.2 Å². The van der Waals surface area contributed by atoms with Crippen molar-refractivity contribution >= 4 is 46.1 Å². The first-order chi connectivity index (χ1) is 19.7. The van der Waals surface area contributed by atoms with E-state index >= 15 is 0 Å². The number of fused-ring (bicyclic) bond motifs is 1. The van der Waals surface area contributed by atoms with Crippen molar-refractivity contribution in [2.45, 2.75) is 26.2 Å². The summed E-state index contributed by atoms with van der Waals surface area (Å²) in [5.74, 6) is 0.324. The van der Waals surface area contributed by atoms with Crippen LogP contribution < -0.4 is 27.2 Å². The van der Waals surface area contributed by atoms with Crippen molar-refractivity contribution in [3.63, 3.8) is 0 Å². The van der Waals surface area contributed by atoms with Crippen LogP contribution in [0.4, 0.5) is 20.7 Å². The highest BCUT2D eigenvalue weighted by molar-refractivity contribution is 6.42. The van der Waals surface area contributed by atoms with Gasteiger partial charge in [0.2, 0.25) is 11.9 Å². The summed E-state index contributed by atoms with van der Waals surface area (Å²) < 4.78 is 33.6. The number of rotatable bonds is 10. The molecule has 10 nitrogen and oxygen atoms in total. The first-order valence-electron chi connectivity index (χ1n) is 12.3. The maximum absolute atomic E-state index is 13.6. The Kier molecular flexibility index (Phi) is 8.22. The Morgan fingerprint density at radius 3 is 2.32 bits per heavy atom. The Bertz CT molecular complexity index is 1820. The molecule has 0 bridgehead atoms. The van der Waals surface area contributed by atoms with Crippen molar-refractivity contribution in [3.8, 4) is 5.75 Å². The second kappa shape index (κ2) is 12.0. The van der Waals surface area contributed by atoms with Gasteiger partial charge in [-0.25, -0.2) is 19.1 Å². The number of halogens is 4. The minimum Gasteiger partial charge on any atom is -0.435 e. The predicted octanol–water partition coefficient (Wildman–Crippen LogP) is 4.45. The third-order valence-electron chi connectivity index (χ3n) is 6.27. The van der Waals surface area contributed by atoms with Gasteiger partial charge in [-0.1, -0.05) is 53.5 Å². The second-order valence-electron chi connectivity index (χ2n) is 8.98. The van der Waals surface area contributed by atoms with E-state index in [0.717, 1.165) is 15.6 Å². The number of imidazole rings is 1. The second-order valence-corrected chi connectivity index (χ2v) is 9.80. The minimum atomic E-state index is -2.96. The fraction of sp³-hybridized carbons (Fsp3) is 0.185. The molecule has 5 aromatic rings. The lowest BCUT2D eigenvalue weighted by Crippen LogP contribution is -2.43. The number of nitrogens with two attached hydrogens (primary N) is 1. The highest BCUT2D eigenvalue weighted by atomic mass is 35.5. The van der Waals surface area contributed by atoms with E-state index in [4.69, 9.17) is 28.9 Å². The van der Waals surface area contributed by atoms with E-state index in [2.05, 4.69) is 20.0 Å². The normalized spacial score (nSPS) is 11.3. The average Bonchev–Trinajstić information content (AvgIpc) is 3.26. The molecule has 0 saturated heterocycles. The van der Waals surface area contributed by atoms with Gasteiger partial charge in [-0.2, -0.15) is 13.8 Å². The van der Waals surface area contributed by atoms with E-state index in [-0.39, 0.29) is 36.4 Å². The first-order valence-corrected chi connectivity index (χ1v) is 13.1. The molecular formula is C27H23Cl2F2N7O3. The van der Waals surface area contributed by atoms with Gasteiger partial charge >= 0.3 is 18.0 Å². The summed E-state index contributed by atoms with van der Waals surface area (Å²) in [7, 11) is 0. The number of alkyl halides is 2. The number of anilines is 2. The van der Waals surface area contributed by atoms with Gasteiger partial charge in [0.25, 0.3) is 0 Å². The van der Waals surface area contributed by atoms with Crippen molar-refractivity contribution in [2.24, 2.45) is 0 Å². The maximum atomic E-state index is 13.6. The Morgan fingerprint density at radius 2 is 1.59 bits per heavy atom. The van der Waals surface area contributed by atoms with Crippen LogP contribution in [0.2, 0.25) is 10.0 Å². The van der Waals surface area contributed by atoms with Crippen LogP contribution in [0.3, 0.4) is 0 Å². The van der Waals surface area contributed by atoms with Crippen molar-refractivity contribution in [1.29, 1.82) is 0 Å². The average molecular weight is 602 g/mol.